The number of aryl methyl sites for hydroxylation is 1. The molecule has 0 saturated carbocycles. The van der Waals surface area contributed by atoms with Crippen molar-refractivity contribution in [3.8, 4) is 11.8 Å². The summed E-state index contributed by atoms with van der Waals surface area (Å²) in [6, 6.07) is 16.3. The van der Waals surface area contributed by atoms with Crippen LogP contribution in [0.1, 0.15) is 30.0 Å². The molecule has 2 aromatic carbocycles. The maximum Gasteiger partial charge on any atom is 0.136 e. The molecule has 3 heteroatoms. The number of ether oxygens (including phenoxy) is 1. The third kappa shape index (κ3) is 4.00. The molecule has 0 unspecified atom stereocenters. The first-order chi connectivity index (χ1) is 10.3. The fourth-order valence-electron chi connectivity index (χ4n) is 2.23. The predicted molar refractivity (Wildman–Crippen MR) is 85.5 cm³/mol. The van der Waals surface area contributed by atoms with Crippen molar-refractivity contribution in [1.29, 1.82) is 5.26 Å². The summed E-state index contributed by atoms with van der Waals surface area (Å²) < 4.78 is 5.15. The molecule has 0 atom stereocenters. The molecule has 0 aromatic heterocycles. The lowest BCUT2D eigenvalue weighted by atomic mass is 10.1. The Labute approximate surface area is 126 Å². The van der Waals surface area contributed by atoms with Crippen molar-refractivity contribution < 1.29 is 4.74 Å². The van der Waals surface area contributed by atoms with Gasteiger partial charge in [-0.3, -0.25) is 0 Å². The van der Waals surface area contributed by atoms with Gasteiger partial charge in [0.2, 0.25) is 0 Å². The van der Waals surface area contributed by atoms with Crippen LogP contribution in [0.15, 0.2) is 42.5 Å². The average Bonchev–Trinajstić information content (AvgIpc) is 2.54. The largest absolute Gasteiger partial charge is 0.495 e. The Bertz CT molecular complexity index is 627. The first-order valence-corrected chi connectivity index (χ1v) is 7.16. The molecular weight excluding hydrogens is 260 g/mol. The number of anilines is 1. The van der Waals surface area contributed by atoms with Crippen molar-refractivity contribution in [3.05, 3.63) is 59.2 Å². The van der Waals surface area contributed by atoms with Crippen LogP contribution in [0.25, 0.3) is 0 Å². The smallest absolute Gasteiger partial charge is 0.136 e. The Balaban J connectivity index is 2.01. The number of nitrogens with one attached hydrogen (secondary N) is 1. The van der Waals surface area contributed by atoms with Crippen molar-refractivity contribution in [2.75, 3.05) is 12.4 Å². The summed E-state index contributed by atoms with van der Waals surface area (Å²) in [6.07, 6.45) is 2.28. The quantitative estimate of drug-likeness (QED) is 0.865. The molecular formula is C18H20N2O. The summed E-state index contributed by atoms with van der Waals surface area (Å²) in [7, 11) is 1.58. The molecule has 2 aromatic rings. The molecule has 3 nitrogen and oxygen atoms in total. The lowest BCUT2D eigenvalue weighted by Crippen LogP contribution is -2.00. The summed E-state index contributed by atoms with van der Waals surface area (Å²) in [4.78, 5) is 0. The van der Waals surface area contributed by atoms with E-state index in [1.807, 2.05) is 18.2 Å². The monoisotopic (exact) mass is 280 g/mol. The zero-order valence-corrected chi connectivity index (χ0v) is 12.5. The second kappa shape index (κ2) is 7.35. The number of methoxy groups -OCH3 is 1. The third-order valence-electron chi connectivity index (χ3n) is 3.37. The summed E-state index contributed by atoms with van der Waals surface area (Å²) in [5.74, 6) is 0.616. The van der Waals surface area contributed by atoms with Gasteiger partial charge in [0.05, 0.1) is 12.7 Å². The fourth-order valence-corrected chi connectivity index (χ4v) is 2.23. The Morgan fingerprint density at radius 2 is 1.81 bits per heavy atom. The maximum atomic E-state index is 9.09. The molecule has 21 heavy (non-hydrogen) atoms. The van der Waals surface area contributed by atoms with Crippen molar-refractivity contribution >= 4 is 5.69 Å². The van der Waals surface area contributed by atoms with Gasteiger partial charge in [0.15, 0.2) is 0 Å². The molecule has 1 N–H and O–H groups in total. The van der Waals surface area contributed by atoms with E-state index in [9.17, 15) is 0 Å². The minimum atomic E-state index is 0.565. The first kappa shape index (κ1) is 14.9. The van der Waals surface area contributed by atoms with Crippen LogP contribution in [-0.4, -0.2) is 7.11 Å². The van der Waals surface area contributed by atoms with Crippen LogP contribution in [-0.2, 0) is 13.0 Å². The van der Waals surface area contributed by atoms with Gasteiger partial charge in [-0.2, -0.15) is 5.26 Å². The van der Waals surface area contributed by atoms with Crippen LogP contribution in [0.4, 0.5) is 5.69 Å². The summed E-state index contributed by atoms with van der Waals surface area (Å²) in [6.45, 7) is 2.87. The average molecular weight is 280 g/mol. The van der Waals surface area contributed by atoms with Gasteiger partial charge < -0.3 is 10.1 Å². The molecule has 0 fully saturated rings. The topological polar surface area (TPSA) is 45.0 Å². The summed E-state index contributed by atoms with van der Waals surface area (Å²) >= 11 is 0. The van der Waals surface area contributed by atoms with Gasteiger partial charge in [-0.05, 0) is 41.8 Å². The molecule has 0 radical (unpaired) electrons. The first-order valence-electron chi connectivity index (χ1n) is 7.16. The fraction of sp³-hybridized carbons (Fsp3) is 0.278. The van der Waals surface area contributed by atoms with E-state index in [4.69, 9.17) is 10.00 Å². The maximum absolute atomic E-state index is 9.09. The highest BCUT2D eigenvalue weighted by molar-refractivity contribution is 5.48. The number of nitrogens with zero attached hydrogens (tertiary/aromatic N) is 1. The molecule has 0 aliphatic rings. The molecule has 0 heterocycles. The lowest BCUT2D eigenvalue weighted by Gasteiger charge is -2.09. The number of benzene rings is 2. The number of rotatable bonds is 6. The van der Waals surface area contributed by atoms with E-state index >= 15 is 0 Å². The number of hydrogen-bond acceptors (Lipinski definition) is 3. The Hall–Kier alpha value is -2.47. The van der Waals surface area contributed by atoms with Crippen molar-refractivity contribution in [1.82, 2.24) is 0 Å². The molecule has 0 saturated heterocycles. The number of nitriles is 1. The van der Waals surface area contributed by atoms with Crippen LogP contribution in [0.2, 0.25) is 0 Å². The van der Waals surface area contributed by atoms with Gasteiger partial charge in [0.1, 0.15) is 11.8 Å². The van der Waals surface area contributed by atoms with Gasteiger partial charge in [-0.1, -0.05) is 31.5 Å². The van der Waals surface area contributed by atoms with Crippen molar-refractivity contribution in [2.24, 2.45) is 0 Å². The van der Waals surface area contributed by atoms with Crippen molar-refractivity contribution in [2.45, 2.75) is 26.3 Å². The van der Waals surface area contributed by atoms with Gasteiger partial charge in [0.25, 0.3) is 0 Å². The molecule has 0 aliphatic heterocycles. The molecule has 0 aliphatic carbocycles. The van der Waals surface area contributed by atoms with E-state index in [1.54, 1.807) is 7.11 Å². The van der Waals surface area contributed by atoms with E-state index in [0.717, 1.165) is 24.1 Å². The minimum Gasteiger partial charge on any atom is -0.495 e. The lowest BCUT2D eigenvalue weighted by molar-refractivity contribution is 0.413. The molecule has 0 bridgehead atoms. The predicted octanol–water partition coefficient (Wildman–Crippen LogP) is 4.13. The molecule has 2 rings (SSSR count). The van der Waals surface area contributed by atoms with Crippen LogP contribution in [0, 0.1) is 11.3 Å². The van der Waals surface area contributed by atoms with E-state index in [-0.39, 0.29) is 0 Å². The summed E-state index contributed by atoms with van der Waals surface area (Å²) in [5, 5.41) is 12.5. The van der Waals surface area contributed by atoms with Gasteiger partial charge in [-0.15, -0.1) is 0 Å². The van der Waals surface area contributed by atoms with Crippen molar-refractivity contribution in [3.63, 3.8) is 0 Å². The highest BCUT2D eigenvalue weighted by Crippen LogP contribution is 2.19. The Morgan fingerprint density at radius 1 is 1.10 bits per heavy atom. The minimum absolute atomic E-state index is 0.565. The highest BCUT2D eigenvalue weighted by atomic mass is 16.5. The van der Waals surface area contributed by atoms with Gasteiger partial charge >= 0.3 is 0 Å². The summed E-state index contributed by atoms with van der Waals surface area (Å²) in [5.41, 5.74) is 4.07. The standard InChI is InChI=1S/C18H20N2O/c1-3-4-14-5-8-17(9-6-14)20-13-15-7-10-18(21-2)16(11-15)12-19/h5-11,20H,3-4,13H2,1-2H3. The third-order valence-corrected chi connectivity index (χ3v) is 3.37. The molecule has 108 valence electrons. The van der Waals surface area contributed by atoms with E-state index in [1.165, 1.54) is 5.56 Å². The van der Waals surface area contributed by atoms with Crippen LogP contribution in [0.5, 0.6) is 5.75 Å². The van der Waals surface area contributed by atoms with E-state index in [0.29, 0.717) is 17.9 Å². The highest BCUT2D eigenvalue weighted by Gasteiger charge is 2.03. The second-order valence-electron chi connectivity index (χ2n) is 4.95. The molecule has 0 spiro atoms. The molecule has 0 amide bonds. The van der Waals surface area contributed by atoms with Crippen LogP contribution in [0.3, 0.4) is 0 Å². The van der Waals surface area contributed by atoms with E-state index in [2.05, 4.69) is 42.6 Å². The Kier molecular flexibility index (Phi) is 5.22. The van der Waals surface area contributed by atoms with Gasteiger partial charge in [-0.25, -0.2) is 0 Å². The van der Waals surface area contributed by atoms with Crippen LogP contribution >= 0.6 is 0 Å². The van der Waals surface area contributed by atoms with Gasteiger partial charge in [0, 0.05) is 12.2 Å². The normalized spacial score (nSPS) is 9.95. The zero-order chi connectivity index (χ0) is 15.1. The zero-order valence-electron chi connectivity index (χ0n) is 12.5. The number of hydrogen-bond donors (Lipinski definition) is 1. The van der Waals surface area contributed by atoms with E-state index < -0.39 is 0 Å². The Morgan fingerprint density at radius 3 is 2.43 bits per heavy atom. The second-order valence-corrected chi connectivity index (χ2v) is 4.95. The SMILES string of the molecule is CCCc1ccc(NCc2ccc(OC)c(C#N)c2)cc1. The van der Waals surface area contributed by atoms with Crippen LogP contribution < -0.4 is 10.1 Å².